The second-order valence-electron chi connectivity index (χ2n) is 1.19. The van der Waals surface area contributed by atoms with Crippen molar-refractivity contribution in [2.75, 3.05) is 0 Å². The Labute approximate surface area is 230 Å². The van der Waals surface area contributed by atoms with E-state index in [-0.39, 0.29) is 103 Å². The Hall–Kier alpha value is 3.64. The molecular weight excluding hydrogens is 755 g/mol. The van der Waals surface area contributed by atoms with Crippen LogP contribution in [0.15, 0.2) is 0 Å². The third-order valence-corrected chi connectivity index (χ3v) is 0. The Kier molecular flexibility index (Phi) is 98.2. The van der Waals surface area contributed by atoms with Gasteiger partial charge in [0.15, 0.2) is 0 Å². The Morgan fingerprint density at radius 2 is 0.478 bits per heavy atom. The molecular formula is F5Ge5LiO10RbSc. The maximum Gasteiger partial charge on any atom is 3.00 e. The van der Waals surface area contributed by atoms with Crippen LogP contribution in [-0.4, -0.2) is 75.4 Å². The summed E-state index contributed by atoms with van der Waals surface area (Å²) < 4.78 is 135. The van der Waals surface area contributed by atoms with Crippen molar-refractivity contribution in [2.45, 2.75) is 0 Å². The summed E-state index contributed by atoms with van der Waals surface area (Å²) in [4.78, 5) is 0. The van der Waals surface area contributed by atoms with Crippen LogP contribution in [0.1, 0.15) is 0 Å². The van der Waals surface area contributed by atoms with E-state index in [2.05, 4.69) is 0 Å². The molecule has 0 aliphatic heterocycles. The fourth-order valence-electron chi connectivity index (χ4n) is 0. The second-order valence-corrected chi connectivity index (χ2v) is 6.17. The van der Waals surface area contributed by atoms with Crippen LogP contribution in [-0.2, 0) is 44.7 Å². The van der Waals surface area contributed by atoms with E-state index in [1.807, 2.05) is 0 Å². The molecule has 0 unspecified atom stereocenters. The van der Waals surface area contributed by atoms with Gasteiger partial charge in [0.25, 0.3) is 0 Å². The fourth-order valence-corrected chi connectivity index (χ4v) is 0. The van der Waals surface area contributed by atoms with Gasteiger partial charge in [0.2, 0.25) is 0 Å². The molecule has 0 fully saturated rings. The van der Waals surface area contributed by atoms with Crippen molar-refractivity contribution in [3.05, 3.63) is 0 Å². The second kappa shape index (κ2) is 44.8. The first-order valence-corrected chi connectivity index (χ1v) is 15.5. The van der Waals surface area contributed by atoms with Crippen LogP contribution in [0.5, 0.6) is 0 Å². The molecule has 0 N–H and O–H groups in total. The summed E-state index contributed by atoms with van der Waals surface area (Å²) in [7, 11) is 0. The van der Waals surface area contributed by atoms with Crippen molar-refractivity contribution >= 4 is 75.4 Å². The number of halogens is 5. The largest absolute Gasteiger partial charge is 3.00 e. The summed E-state index contributed by atoms with van der Waals surface area (Å²) in [5.41, 5.74) is 0. The standard InChI is InChI=1S/5FGeO2.Li.Rb.Sc/c5*1-2(3)4;;;/q5*-1;2*+1;+3. The topological polar surface area (TPSA) is 201 Å². The molecule has 0 aliphatic carbocycles. The van der Waals surface area contributed by atoms with Crippen LogP contribution in [0.2, 0.25) is 0 Å². The maximum atomic E-state index is 10.1. The third-order valence-electron chi connectivity index (χ3n) is 0. The third kappa shape index (κ3) is 1080. The van der Waals surface area contributed by atoms with Gasteiger partial charge < -0.3 is 0 Å². The van der Waals surface area contributed by atoms with Gasteiger partial charge in [0.1, 0.15) is 0 Å². The van der Waals surface area contributed by atoms with Gasteiger partial charge in [-0.15, -0.1) is 0 Å². The van der Waals surface area contributed by atoms with E-state index in [4.69, 9.17) is 39.6 Å². The Bertz CT molecular complexity index is 232. The summed E-state index contributed by atoms with van der Waals surface area (Å²) in [5, 5.41) is 0. The van der Waals surface area contributed by atoms with Gasteiger partial charge in [-0.1, -0.05) is 0 Å². The van der Waals surface area contributed by atoms with Crippen molar-refractivity contribution < 1.29 is 160 Å². The van der Waals surface area contributed by atoms with Crippen molar-refractivity contribution in [3.63, 3.8) is 0 Å². The first kappa shape index (κ1) is 50.4. The van der Waals surface area contributed by atoms with E-state index in [1.54, 1.807) is 0 Å². The molecule has 0 radical (unpaired) electrons. The molecule has 0 saturated heterocycles. The van der Waals surface area contributed by atoms with Gasteiger partial charge in [-0.25, -0.2) is 0 Å². The molecule has 0 heterocycles. The van der Waals surface area contributed by atoms with Crippen molar-refractivity contribution in [1.82, 2.24) is 0 Å². The predicted molar refractivity (Wildman–Crippen MR) is 37.7 cm³/mol. The van der Waals surface area contributed by atoms with Gasteiger partial charge in [0.05, 0.1) is 0 Å². The summed E-state index contributed by atoms with van der Waals surface area (Å²) in [6.07, 6.45) is 0. The van der Waals surface area contributed by atoms with E-state index in [0.717, 1.165) is 0 Å². The first-order chi connectivity index (χ1) is 8.66. The molecule has 0 aromatic rings. The van der Waals surface area contributed by atoms with E-state index >= 15 is 0 Å². The smallest absolute Gasteiger partial charge is 1.00 e. The van der Waals surface area contributed by atoms with E-state index in [0.29, 0.717) is 0 Å². The molecule has 0 aromatic carbocycles. The molecule has 23 heavy (non-hydrogen) atoms. The van der Waals surface area contributed by atoms with Crippen LogP contribution in [0.25, 0.3) is 0 Å². The Morgan fingerprint density at radius 1 is 0.478 bits per heavy atom. The number of hydrogen-bond acceptors (Lipinski definition) is 10. The molecule has 23 heteroatoms. The van der Waals surface area contributed by atoms with Crippen LogP contribution in [0.4, 0.5) is 17.5 Å². The molecule has 0 saturated carbocycles. The summed E-state index contributed by atoms with van der Waals surface area (Å²) >= 11 is -21.7. The Balaban J connectivity index is -0.0000000197. The van der Waals surface area contributed by atoms with Gasteiger partial charge >= 0.3 is 235 Å². The number of rotatable bonds is 0. The quantitative estimate of drug-likeness (QED) is 0.169. The minimum absolute atomic E-state index is 0. The summed E-state index contributed by atoms with van der Waals surface area (Å²) in [6, 6.07) is 0. The van der Waals surface area contributed by atoms with Crippen LogP contribution in [0, 0.1) is 0 Å². The van der Waals surface area contributed by atoms with E-state index < -0.39 is 75.4 Å². The summed E-state index contributed by atoms with van der Waals surface area (Å²) in [5.74, 6) is 0. The summed E-state index contributed by atoms with van der Waals surface area (Å²) in [6.45, 7) is 0. The SMILES string of the molecule is [Li+].[O]=[Ge]([O-])[F].[O]=[Ge]([O-])[F].[O]=[Ge]([O-])[F].[O]=[Ge]([O-])[F].[O]=[Ge]([O-])[F].[Rb+].[Sc+3]. The molecule has 0 rings (SSSR count). The van der Waals surface area contributed by atoms with Gasteiger partial charge in [0, 0.05) is 0 Å². The van der Waals surface area contributed by atoms with Crippen molar-refractivity contribution in [3.8, 4) is 0 Å². The fraction of sp³-hybridized carbons (Fsp3) is 0. The minimum Gasteiger partial charge on any atom is 1.00 e. The van der Waals surface area contributed by atoms with E-state index in [1.165, 1.54) is 0 Å². The van der Waals surface area contributed by atoms with Crippen molar-refractivity contribution in [2.24, 2.45) is 0 Å². The Morgan fingerprint density at radius 3 is 0.478 bits per heavy atom. The predicted octanol–water partition coefficient (Wildman–Crippen LogP) is -12.3. The monoisotopic (exact) mass is 761 g/mol. The van der Waals surface area contributed by atoms with Crippen LogP contribution < -0.4 is 97.7 Å². The molecule has 0 spiro atoms. The molecule has 0 aliphatic rings. The minimum atomic E-state index is -4.33. The van der Waals surface area contributed by atoms with Crippen LogP contribution in [0.3, 0.4) is 0 Å². The average Bonchev–Trinajstić information content (AvgIpc) is 1.94. The zero-order valence-corrected chi connectivity index (χ0v) is 28.3. The van der Waals surface area contributed by atoms with Crippen LogP contribution >= 0.6 is 0 Å². The molecule has 0 bridgehead atoms. The zero-order chi connectivity index (χ0) is 17.9. The van der Waals surface area contributed by atoms with Gasteiger partial charge in [-0.05, 0) is 0 Å². The maximum absolute atomic E-state index is 10.1. The normalized spacial score (nSPS) is 5.43. The van der Waals surface area contributed by atoms with Gasteiger partial charge in [-0.2, -0.15) is 0 Å². The first-order valence-electron chi connectivity index (χ1n) is 2.99. The molecule has 10 nitrogen and oxygen atoms in total. The molecule has 0 atom stereocenters. The molecule has 0 aromatic heterocycles. The molecule has 120 valence electrons. The van der Waals surface area contributed by atoms with Crippen molar-refractivity contribution in [1.29, 1.82) is 0 Å². The number of hydrogen-bond donors (Lipinski definition) is 0. The molecule has 0 amide bonds. The zero-order valence-electron chi connectivity index (χ0n) is 11.0. The van der Waals surface area contributed by atoms with Gasteiger partial charge in [-0.3, -0.25) is 0 Å². The average molecular weight is 755 g/mol. The van der Waals surface area contributed by atoms with E-state index in [9.17, 15) is 17.5 Å².